The molecule has 4 heteroatoms. The van der Waals surface area contributed by atoms with E-state index in [2.05, 4.69) is 24.0 Å². The quantitative estimate of drug-likeness (QED) is 0.633. The van der Waals surface area contributed by atoms with Gasteiger partial charge in [0.15, 0.2) is 0 Å². The van der Waals surface area contributed by atoms with Crippen molar-refractivity contribution in [1.82, 2.24) is 4.90 Å². The third-order valence-electron chi connectivity index (χ3n) is 3.45. The number of hydrogen-bond donors (Lipinski definition) is 2. The fourth-order valence-electron chi connectivity index (χ4n) is 2.21. The van der Waals surface area contributed by atoms with Crippen molar-refractivity contribution in [3.8, 4) is 0 Å². The standard InChI is InChI=1S/C17H20FN3/c1-2-21(11-13-6-4-3-5-7-13)12-15-9-8-14(17(19)20)10-16(15)18/h3-10H,2,11-12H2,1H3,(H3,19,20). The summed E-state index contributed by atoms with van der Waals surface area (Å²) in [5.74, 6) is -0.425. The van der Waals surface area contributed by atoms with E-state index in [-0.39, 0.29) is 11.7 Å². The van der Waals surface area contributed by atoms with Crippen LogP contribution in [0.3, 0.4) is 0 Å². The monoisotopic (exact) mass is 285 g/mol. The Kier molecular flexibility index (Phi) is 5.06. The number of rotatable bonds is 6. The number of nitrogens with zero attached hydrogens (tertiary/aromatic N) is 1. The van der Waals surface area contributed by atoms with E-state index >= 15 is 0 Å². The average molecular weight is 285 g/mol. The van der Waals surface area contributed by atoms with Crippen LogP contribution in [0.4, 0.5) is 4.39 Å². The third-order valence-corrected chi connectivity index (χ3v) is 3.45. The molecule has 0 radical (unpaired) electrons. The van der Waals surface area contributed by atoms with Crippen LogP contribution in [0.2, 0.25) is 0 Å². The van der Waals surface area contributed by atoms with Crippen molar-refractivity contribution in [2.75, 3.05) is 6.54 Å². The summed E-state index contributed by atoms with van der Waals surface area (Å²) in [4.78, 5) is 2.17. The highest BCUT2D eigenvalue weighted by Gasteiger charge is 2.10. The van der Waals surface area contributed by atoms with Crippen LogP contribution in [0.5, 0.6) is 0 Å². The molecule has 0 heterocycles. The SMILES string of the molecule is CCN(Cc1ccccc1)Cc1ccc(C(=N)N)cc1F. The molecule has 0 fully saturated rings. The first-order chi connectivity index (χ1) is 10.1. The van der Waals surface area contributed by atoms with E-state index in [1.54, 1.807) is 12.1 Å². The molecule has 0 saturated heterocycles. The van der Waals surface area contributed by atoms with Gasteiger partial charge in [-0.05, 0) is 18.2 Å². The van der Waals surface area contributed by atoms with Crippen molar-refractivity contribution in [3.63, 3.8) is 0 Å². The summed E-state index contributed by atoms with van der Waals surface area (Å²) in [6, 6.07) is 14.9. The van der Waals surface area contributed by atoms with E-state index in [1.807, 2.05) is 18.2 Å². The molecule has 0 aliphatic carbocycles. The van der Waals surface area contributed by atoms with E-state index < -0.39 is 0 Å². The second-order valence-corrected chi connectivity index (χ2v) is 5.01. The van der Waals surface area contributed by atoms with E-state index in [0.717, 1.165) is 13.1 Å². The molecular weight excluding hydrogens is 265 g/mol. The minimum absolute atomic E-state index is 0.114. The zero-order valence-corrected chi connectivity index (χ0v) is 12.1. The number of benzene rings is 2. The van der Waals surface area contributed by atoms with Crippen LogP contribution < -0.4 is 5.73 Å². The molecule has 0 aromatic heterocycles. The van der Waals surface area contributed by atoms with E-state index in [4.69, 9.17) is 11.1 Å². The summed E-state index contributed by atoms with van der Waals surface area (Å²) in [6.07, 6.45) is 0. The van der Waals surface area contributed by atoms with Crippen molar-refractivity contribution < 1.29 is 4.39 Å². The Morgan fingerprint density at radius 1 is 1.14 bits per heavy atom. The minimum atomic E-state index is -0.311. The summed E-state index contributed by atoms with van der Waals surface area (Å²) in [5.41, 5.74) is 7.62. The number of amidine groups is 1. The Balaban J connectivity index is 2.10. The van der Waals surface area contributed by atoms with Gasteiger partial charge in [0.25, 0.3) is 0 Å². The Bertz CT molecular complexity index is 611. The fraction of sp³-hybridized carbons (Fsp3) is 0.235. The fourth-order valence-corrected chi connectivity index (χ4v) is 2.21. The maximum atomic E-state index is 14.1. The van der Waals surface area contributed by atoms with E-state index in [0.29, 0.717) is 17.7 Å². The van der Waals surface area contributed by atoms with Crippen LogP contribution in [0, 0.1) is 11.2 Å². The van der Waals surface area contributed by atoms with Crippen LogP contribution >= 0.6 is 0 Å². The van der Waals surface area contributed by atoms with Crippen LogP contribution in [-0.4, -0.2) is 17.3 Å². The second-order valence-electron chi connectivity index (χ2n) is 5.01. The first kappa shape index (κ1) is 15.2. The molecule has 0 aliphatic rings. The number of nitrogens with two attached hydrogens (primary N) is 1. The highest BCUT2D eigenvalue weighted by Crippen LogP contribution is 2.14. The lowest BCUT2D eigenvalue weighted by molar-refractivity contribution is 0.267. The van der Waals surface area contributed by atoms with Gasteiger partial charge in [-0.1, -0.05) is 49.4 Å². The van der Waals surface area contributed by atoms with Gasteiger partial charge >= 0.3 is 0 Å². The Labute approximate surface area is 124 Å². The van der Waals surface area contributed by atoms with Gasteiger partial charge in [-0.2, -0.15) is 0 Å². The van der Waals surface area contributed by atoms with Crippen LogP contribution in [0.1, 0.15) is 23.6 Å². The van der Waals surface area contributed by atoms with Crippen LogP contribution in [-0.2, 0) is 13.1 Å². The molecule has 0 spiro atoms. The minimum Gasteiger partial charge on any atom is -0.384 e. The normalized spacial score (nSPS) is 10.8. The second kappa shape index (κ2) is 6.99. The molecule has 3 nitrogen and oxygen atoms in total. The highest BCUT2D eigenvalue weighted by molar-refractivity contribution is 5.94. The number of nitrogen functional groups attached to an aromatic ring is 1. The predicted molar refractivity (Wildman–Crippen MR) is 83.6 cm³/mol. The molecule has 2 aromatic rings. The first-order valence-corrected chi connectivity index (χ1v) is 6.99. The smallest absolute Gasteiger partial charge is 0.128 e. The molecule has 21 heavy (non-hydrogen) atoms. The summed E-state index contributed by atoms with van der Waals surface area (Å²) >= 11 is 0. The zero-order chi connectivity index (χ0) is 15.2. The van der Waals surface area contributed by atoms with Gasteiger partial charge in [0.2, 0.25) is 0 Å². The van der Waals surface area contributed by atoms with Crippen molar-refractivity contribution in [3.05, 3.63) is 71.0 Å². The summed E-state index contributed by atoms with van der Waals surface area (Å²) < 4.78 is 14.1. The molecule has 2 aromatic carbocycles. The van der Waals surface area contributed by atoms with Gasteiger partial charge in [-0.3, -0.25) is 10.3 Å². The van der Waals surface area contributed by atoms with Gasteiger partial charge < -0.3 is 5.73 Å². The molecule has 3 N–H and O–H groups in total. The van der Waals surface area contributed by atoms with Crippen molar-refractivity contribution >= 4 is 5.84 Å². The third kappa shape index (κ3) is 4.13. The largest absolute Gasteiger partial charge is 0.384 e. The Morgan fingerprint density at radius 2 is 1.86 bits per heavy atom. The van der Waals surface area contributed by atoms with Crippen molar-refractivity contribution in [2.45, 2.75) is 20.0 Å². The molecule has 0 amide bonds. The van der Waals surface area contributed by atoms with Gasteiger partial charge in [0.05, 0.1) is 0 Å². The van der Waals surface area contributed by atoms with Gasteiger partial charge in [-0.25, -0.2) is 4.39 Å². The summed E-state index contributed by atoms with van der Waals surface area (Å²) in [6.45, 7) is 4.22. The van der Waals surface area contributed by atoms with Crippen molar-refractivity contribution in [1.29, 1.82) is 5.41 Å². The van der Waals surface area contributed by atoms with Gasteiger partial charge in [0, 0.05) is 24.2 Å². The van der Waals surface area contributed by atoms with E-state index in [1.165, 1.54) is 11.6 Å². The van der Waals surface area contributed by atoms with Gasteiger partial charge in [0.1, 0.15) is 11.7 Å². The zero-order valence-electron chi connectivity index (χ0n) is 12.1. The highest BCUT2D eigenvalue weighted by atomic mass is 19.1. The van der Waals surface area contributed by atoms with Crippen LogP contribution in [0.25, 0.3) is 0 Å². The van der Waals surface area contributed by atoms with Gasteiger partial charge in [-0.15, -0.1) is 0 Å². The molecule has 0 unspecified atom stereocenters. The van der Waals surface area contributed by atoms with Crippen molar-refractivity contribution in [2.24, 2.45) is 5.73 Å². The summed E-state index contributed by atoms with van der Waals surface area (Å²) in [7, 11) is 0. The molecule has 0 saturated carbocycles. The lowest BCUT2D eigenvalue weighted by Crippen LogP contribution is -2.23. The molecule has 0 aliphatic heterocycles. The maximum Gasteiger partial charge on any atom is 0.128 e. The number of hydrogen-bond acceptors (Lipinski definition) is 2. The predicted octanol–water partition coefficient (Wildman–Crippen LogP) is 3.13. The lowest BCUT2D eigenvalue weighted by Gasteiger charge is -2.21. The number of nitrogens with one attached hydrogen (secondary N) is 1. The topological polar surface area (TPSA) is 53.1 Å². The lowest BCUT2D eigenvalue weighted by atomic mass is 10.1. The molecule has 0 atom stereocenters. The Morgan fingerprint density at radius 3 is 2.43 bits per heavy atom. The molecule has 0 bridgehead atoms. The molecule has 2 rings (SSSR count). The molecule has 110 valence electrons. The van der Waals surface area contributed by atoms with E-state index in [9.17, 15) is 4.39 Å². The van der Waals surface area contributed by atoms with Crippen LogP contribution in [0.15, 0.2) is 48.5 Å². The maximum absolute atomic E-state index is 14.1. The number of halogens is 1. The molecular formula is C17H20FN3. The Hall–Kier alpha value is -2.20. The summed E-state index contributed by atoms with van der Waals surface area (Å²) in [5, 5.41) is 7.33. The average Bonchev–Trinajstić information content (AvgIpc) is 2.49. The first-order valence-electron chi connectivity index (χ1n) is 6.99.